The first-order valence-corrected chi connectivity index (χ1v) is 5.81. The lowest BCUT2D eigenvalue weighted by atomic mass is 9.68. The molecule has 0 aromatic heterocycles. The van der Waals surface area contributed by atoms with Crippen LogP contribution in [0.5, 0.6) is 0 Å². The van der Waals surface area contributed by atoms with Crippen LogP contribution in [0.4, 0.5) is 4.39 Å². The van der Waals surface area contributed by atoms with Crippen LogP contribution in [0.3, 0.4) is 0 Å². The standard InChI is InChI=1S/C13H14FNO3/c14-10-4-2-9(3-5-10)8-15-11(16)13(12(17)18)6-1-7-13/h2-5H,1,6-8H2,(H,15,16)(H,17,18). The van der Waals surface area contributed by atoms with E-state index in [0.717, 1.165) is 12.0 Å². The summed E-state index contributed by atoms with van der Waals surface area (Å²) in [7, 11) is 0. The van der Waals surface area contributed by atoms with Gasteiger partial charge in [-0.15, -0.1) is 0 Å². The van der Waals surface area contributed by atoms with Gasteiger partial charge in [-0.25, -0.2) is 4.39 Å². The second kappa shape index (κ2) is 4.76. The zero-order valence-corrected chi connectivity index (χ0v) is 9.78. The molecule has 1 amide bonds. The normalized spacial score (nSPS) is 16.7. The molecule has 2 N–H and O–H groups in total. The van der Waals surface area contributed by atoms with E-state index in [0.29, 0.717) is 12.8 Å². The molecule has 1 saturated carbocycles. The van der Waals surface area contributed by atoms with Gasteiger partial charge < -0.3 is 10.4 Å². The number of aliphatic carboxylic acids is 1. The Morgan fingerprint density at radius 2 is 1.89 bits per heavy atom. The zero-order chi connectivity index (χ0) is 13.2. The average molecular weight is 251 g/mol. The molecule has 4 nitrogen and oxygen atoms in total. The number of rotatable bonds is 4. The molecule has 2 rings (SSSR count). The van der Waals surface area contributed by atoms with Gasteiger partial charge in [-0.2, -0.15) is 0 Å². The van der Waals surface area contributed by atoms with Crippen LogP contribution in [0, 0.1) is 11.2 Å². The maximum Gasteiger partial charge on any atom is 0.319 e. The van der Waals surface area contributed by atoms with Crippen LogP contribution in [0.1, 0.15) is 24.8 Å². The fourth-order valence-corrected chi connectivity index (χ4v) is 2.02. The molecule has 0 atom stereocenters. The van der Waals surface area contributed by atoms with E-state index in [-0.39, 0.29) is 12.4 Å². The SMILES string of the molecule is O=C(O)C1(C(=O)NCc2ccc(F)cc2)CCC1. The van der Waals surface area contributed by atoms with E-state index in [9.17, 15) is 14.0 Å². The highest BCUT2D eigenvalue weighted by Crippen LogP contribution is 2.41. The highest BCUT2D eigenvalue weighted by atomic mass is 19.1. The van der Waals surface area contributed by atoms with Gasteiger partial charge in [0.05, 0.1) is 0 Å². The predicted octanol–water partition coefficient (Wildman–Crippen LogP) is 1.70. The van der Waals surface area contributed by atoms with Crippen molar-refractivity contribution in [3.63, 3.8) is 0 Å². The molecule has 1 aromatic rings. The van der Waals surface area contributed by atoms with Gasteiger partial charge in [-0.05, 0) is 30.5 Å². The highest BCUT2D eigenvalue weighted by molar-refractivity contribution is 6.02. The Hall–Kier alpha value is -1.91. The third kappa shape index (κ3) is 2.20. The monoisotopic (exact) mass is 251 g/mol. The van der Waals surface area contributed by atoms with Gasteiger partial charge in [0.2, 0.25) is 5.91 Å². The largest absolute Gasteiger partial charge is 0.480 e. The summed E-state index contributed by atoms with van der Waals surface area (Å²) >= 11 is 0. The van der Waals surface area contributed by atoms with Crippen molar-refractivity contribution in [3.05, 3.63) is 35.6 Å². The van der Waals surface area contributed by atoms with Gasteiger partial charge in [-0.1, -0.05) is 18.6 Å². The maximum absolute atomic E-state index is 12.7. The molecule has 18 heavy (non-hydrogen) atoms. The van der Waals surface area contributed by atoms with E-state index in [4.69, 9.17) is 5.11 Å². The smallest absolute Gasteiger partial charge is 0.319 e. The van der Waals surface area contributed by atoms with Crippen molar-refractivity contribution in [1.29, 1.82) is 0 Å². The lowest BCUT2D eigenvalue weighted by Crippen LogP contribution is -2.50. The lowest BCUT2D eigenvalue weighted by molar-refractivity contribution is -0.162. The number of amides is 1. The lowest BCUT2D eigenvalue weighted by Gasteiger charge is -2.35. The Labute approximate surface area is 104 Å². The number of carbonyl (C=O) groups is 2. The van der Waals surface area contributed by atoms with Crippen LogP contribution in [0.15, 0.2) is 24.3 Å². The number of halogens is 1. The zero-order valence-electron chi connectivity index (χ0n) is 9.78. The van der Waals surface area contributed by atoms with Crippen molar-refractivity contribution in [2.24, 2.45) is 5.41 Å². The van der Waals surface area contributed by atoms with Crippen LogP contribution >= 0.6 is 0 Å². The molecule has 0 unspecified atom stereocenters. The first-order chi connectivity index (χ1) is 8.54. The van der Waals surface area contributed by atoms with Crippen LogP contribution in [-0.2, 0) is 16.1 Å². The van der Waals surface area contributed by atoms with Crippen molar-refractivity contribution in [1.82, 2.24) is 5.32 Å². The van der Waals surface area contributed by atoms with Gasteiger partial charge in [0.25, 0.3) is 0 Å². The molecule has 1 aliphatic carbocycles. The van der Waals surface area contributed by atoms with Crippen molar-refractivity contribution in [2.45, 2.75) is 25.8 Å². The summed E-state index contributed by atoms with van der Waals surface area (Å²) in [5.74, 6) is -1.86. The van der Waals surface area contributed by atoms with Gasteiger partial charge in [-0.3, -0.25) is 9.59 Å². The highest BCUT2D eigenvalue weighted by Gasteiger charge is 2.50. The summed E-state index contributed by atoms with van der Waals surface area (Å²) in [6, 6.07) is 5.73. The number of carbonyl (C=O) groups excluding carboxylic acids is 1. The summed E-state index contributed by atoms with van der Waals surface area (Å²) in [5.41, 5.74) is -0.510. The molecule has 96 valence electrons. The fourth-order valence-electron chi connectivity index (χ4n) is 2.02. The second-order valence-corrected chi connectivity index (χ2v) is 4.55. The van der Waals surface area contributed by atoms with Crippen molar-refractivity contribution >= 4 is 11.9 Å². The van der Waals surface area contributed by atoms with E-state index in [2.05, 4.69) is 5.32 Å². The molecule has 0 saturated heterocycles. The van der Waals surface area contributed by atoms with Crippen molar-refractivity contribution < 1.29 is 19.1 Å². The van der Waals surface area contributed by atoms with Gasteiger partial charge in [0.1, 0.15) is 11.2 Å². The Morgan fingerprint density at radius 1 is 1.28 bits per heavy atom. The molecule has 1 fully saturated rings. The Morgan fingerprint density at radius 3 is 2.33 bits per heavy atom. The van der Waals surface area contributed by atoms with Crippen molar-refractivity contribution in [2.75, 3.05) is 0 Å². The summed E-state index contributed by atoms with van der Waals surface area (Å²) < 4.78 is 12.7. The fraction of sp³-hybridized carbons (Fsp3) is 0.385. The summed E-state index contributed by atoms with van der Waals surface area (Å²) in [6.45, 7) is 0.216. The Bertz CT molecular complexity index is 466. The van der Waals surface area contributed by atoms with E-state index < -0.39 is 17.3 Å². The third-order valence-corrected chi connectivity index (χ3v) is 3.42. The minimum atomic E-state index is -1.25. The van der Waals surface area contributed by atoms with Crippen molar-refractivity contribution in [3.8, 4) is 0 Å². The minimum absolute atomic E-state index is 0.216. The van der Waals surface area contributed by atoms with Gasteiger partial charge >= 0.3 is 5.97 Å². The number of hydrogen-bond donors (Lipinski definition) is 2. The topological polar surface area (TPSA) is 66.4 Å². The molecular formula is C13H14FNO3. The van der Waals surface area contributed by atoms with Crippen LogP contribution in [0.25, 0.3) is 0 Å². The van der Waals surface area contributed by atoms with E-state index >= 15 is 0 Å². The first-order valence-electron chi connectivity index (χ1n) is 5.81. The molecule has 0 spiro atoms. The average Bonchev–Trinajstić information content (AvgIpc) is 2.26. The quantitative estimate of drug-likeness (QED) is 0.800. The summed E-state index contributed by atoms with van der Waals surface area (Å²) in [6.07, 6.45) is 1.53. The number of nitrogens with one attached hydrogen (secondary N) is 1. The van der Waals surface area contributed by atoms with Gasteiger partial charge in [0.15, 0.2) is 0 Å². The molecule has 0 heterocycles. The molecule has 0 bridgehead atoms. The molecule has 1 aliphatic rings. The second-order valence-electron chi connectivity index (χ2n) is 4.55. The Kier molecular flexibility index (Phi) is 3.32. The Balaban J connectivity index is 1.96. The number of hydrogen-bond acceptors (Lipinski definition) is 2. The third-order valence-electron chi connectivity index (χ3n) is 3.42. The van der Waals surface area contributed by atoms with Crippen LogP contribution < -0.4 is 5.32 Å². The molecule has 5 heteroatoms. The molecule has 1 aromatic carbocycles. The van der Waals surface area contributed by atoms with E-state index in [1.807, 2.05) is 0 Å². The number of carboxylic acids is 1. The predicted molar refractivity (Wildman–Crippen MR) is 62.2 cm³/mol. The van der Waals surface area contributed by atoms with Crippen LogP contribution in [-0.4, -0.2) is 17.0 Å². The first kappa shape index (κ1) is 12.5. The summed E-state index contributed by atoms with van der Waals surface area (Å²) in [5, 5.41) is 11.7. The van der Waals surface area contributed by atoms with Crippen LogP contribution in [0.2, 0.25) is 0 Å². The molecule has 0 radical (unpaired) electrons. The number of carboxylic acid groups (broad SMARTS) is 1. The number of benzene rings is 1. The minimum Gasteiger partial charge on any atom is -0.480 e. The maximum atomic E-state index is 12.7. The van der Waals surface area contributed by atoms with E-state index in [1.165, 1.54) is 12.1 Å². The van der Waals surface area contributed by atoms with Gasteiger partial charge in [0, 0.05) is 6.54 Å². The molecule has 0 aliphatic heterocycles. The molecular weight excluding hydrogens is 237 g/mol. The van der Waals surface area contributed by atoms with E-state index in [1.54, 1.807) is 12.1 Å². The summed E-state index contributed by atoms with van der Waals surface area (Å²) in [4.78, 5) is 23.0.